The van der Waals surface area contributed by atoms with E-state index in [1.54, 1.807) is 36.4 Å². The van der Waals surface area contributed by atoms with Crippen molar-refractivity contribution in [3.63, 3.8) is 0 Å². The van der Waals surface area contributed by atoms with E-state index in [4.69, 9.17) is 5.73 Å². The third kappa shape index (κ3) is 14.4. The second-order valence-corrected chi connectivity index (χ2v) is 19.5. The molecule has 0 saturated carbocycles. The quantitative estimate of drug-likeness (QED) is 0.137. The number of sulfone groups is 2. The second-order valence-electron chi connectivity index (χ2n) is 15.6. The van der Waals surface area contributed by atoms with E-state index in [1.165, 1.54) is 12.1 Å². The van der Waals surface area contributed by atoms with Gasteiger partial charge in [0.25, 0.3) is 0 Å². The fourth-order valence-electron chi connectivity index (χ4n) is 5.36. The number of nitrogens with two attached hydrogens (primary N) is 1. The van der Waals surface area contributed by atoms with Crippen molar-refractivity contribution in [1.82, 2.24) is 0 Å². The van der Waals surface area contributed by atoms with Gasteiger partial charge in [0.2, 0.25) is 11.8 Å². The Bertz CT molecular complexity index is 1860. The van der Waals surface area contributed by atoms with E-state index in [0.29, 0.717) is 24.2 Å². The largest absolute Gasteiger partial charge is 0.326 e. The molecule has 0 aliphatic heterocycles. The van der Waals surface area contributed by atoms with Crippen LogP contribution in [0.2, 0.25) is 0 Å². The summed E-state index contributed by atoms with van der Waals surface area (Å²) in [6.45, 7) is 13.2. The first-order chi connectivity index (χ1) is 24.1. The summed E-state index contributed by atoms with van der Waals surface area (Å²) in [6.07, 6.45) is 1.05. The third-order valence-electron chi connectivity index (χ3n) is 7.63. The highest BCUT2D eigenvalue weighted by Gasteiger charge is 2.25. The molecular formula is C41H53N3O6S2. The zero-order valence-electron chi connectivity index (χ0n) is 31.2. The molecule has 0 saturated heterocycles. The normalized spacial score (nSPS) is 13.2. The lowest BCUT2D eigenvalue weighted by atomic mass is 10.0. The van der Waals surface area contributed by atoms with Gasteiger partial charge in [-0.3, -0.25) is 9.59 Å². The lowest BCUT2D eigenvalue weighted by molar-refractivity contribution is -0.119. The monoisotopic (exact) mass is 747 g/mol. The average molecular weight is 748 g/mol. The van der Waals surface area contributed by atoms with Crippen LogP contribution in [0, 0.1) is 16.7 Å². The van der Waals surface area contributed by atoms with Crippen molar-refractivity contribution in [1.29, 1.82) is 0 Å². The van der Waals surface area contributed by atoms with E-state index >= 15 is 0 Å². The van der Waals surface area contributed by atoms with Gasteiger partial charge < -0.3 is 16.4 Å². The molecular weight excluding hydrogens is 695 g/mol. The molecule has 0 aliphatic rings. The summed E-state index contributed by atoms with van der Waals surface area (Å²) in [7, 11) is -6.82. The van der Waals surface area contributed by atoms with E-state index in [2.05, 4.69) is 10.6 Å². The molecule has 2 amide bonds. The van der Waals surface area contributed by atoms with Gasteiger partial charge in [-0.2, -0.15) is 0 Å². The summed E-state index contributed by atoms with van der Waals surface area (Å²) < 4.78 is 50.1. The van der Waals surface area contributed by atoms with E-state index in [1.807, 2.05) is 109 Å². The number of nitrogens with one attached hydrogen (secondary N) is 2. The summed E-state index contributed by atoms with van der Waals surface area (Å²) in [5.41, 5.74) is 8.28. The Morgan fingerprint density at radius 3 is 1.37 bits per heavy atom. The molecule has 0 bridgehead atoms. The Morgan fingerprint density at radius 1 is 0.577 bits per heavy atom. The predicted octanol–water partition coefficient (Wildman–Crippen LogP) is 7.34. The van der Waals surface area contributed by atoms with Crippen LogP contribution in [0.3, 0.4) is 0 Å². The van der Waals surface area contributed by atoms with Crippen LogP contribution in [0.25, 0.3) is 0 Å². The Hall–Kier alpha value is -4.32. The molecule has 4 rings (SSSR count). The van der Waals surface area contributed by atoms with Crippen LogP contribution in [0.4, 0.5) is 11.4 Å². The molecule has 4 N–H and O–H groups in total. The minimum Gasteiger partial charge on any atom is -0.326 e. The first-order valence-electron chi connectivity index (χ1n) is 17.2. The fraction of sp³-hybridized carbons (Fsp3) is 0.366. The van der Waals surface area contributed by atoms with Crippen molar-refractivity contribution in [2.75, 3.05) is 22.1 Å². The molecule has 0 unspecified atom stereocenters. The molecule has 11 heteroatoms. The van der Waals surface area contributed by atoms with Gasteiger partial charge in [-0.25, -0.2) is 16.8 Å². The topological polar surface area (TPSA) is 152 Å². The molecule has 0 radical (unpaired) electrons. The minimum absolute atomic E-state index is 0.0327. The average Bonchev–Trinajstić information content (AvgIpc) is 3.04. The summed E-state index contributed by atoms with van der Waals surface area (Å²) in [5, 5.41) is 5.54. The van der Waals surface area contributed by atoms with E-state index < -0.39 is 25.7 Å². The zero-order chi connectivity index (χ0) is 38.7. The number of benzene rings is 4. The van der Waals surface area contributed by atoms with Gasteiger partial charge >= 0.3 is 0 Å². The van der Waals surface area contributed by atoms with Crippen molar-refractivity contribution in [3.05, 3.63) is 120 Å². The minimum atomic E-state index is -3.43. The highest BCUT2D eigenvalue weighted by atomic mass is 32.2. The van der Waals surface area contributed by atoms with Gasteiger partial charge in [0.05, 0.1) is 27.3 Å². The number of carbonyl (C=O) groups excluding carboxylic acids is 2. The number of rotatable bonds is 12. The lowest BCUT2D eigenvalue weighted by Gasteiger charge is -2.18. The number of anilines is 2. The van der Waals surface area contributed by atoms with Crippen LogP contribution in [0.5, 0.6) is 0 Å². The summed E-state index contributed by atoms with van der Waals surface area (Å²) in [6, 6.07) is 31.4. The predicted molar refractivity (Wildman–Crippen MR) is 211 cm³/mol. The standard InChI is InChI=1S/C21H27NO3S.C20H26N2O3S/c1-16(13-17-9-6-5-7-10-17)20(23)22-18-11-8-12-19(14-18)26(24,25)15-21(2,3)4;1-20(2,3)14-26(24,25)17-11-7-10-16(13-17)22-19(23)18(21)12-15-8-5-4-6-9-15/h5-12,14,16H,13,15H2,1-4H3,(H,22,23);4-11,13,18H,12,14,21H2,1-3H3,(H,22,23)/t16-;18-/m00/s1. The maximum atomic E-state index is 12.5. The van der Waals surface area contributed by atoms with Crippen LogP contribution in [-0.2, 0) is 42.1 Å². The van der Waals surface area contributed by atoms with Gasteiger partial charge in [0.15, 0.2) is 19.7 Å². The van der Waals surface area contributed by atoms with Crippen LogP contribution in [0.1, 0.15) is 59.6 Å². The van der Waals surface area contributed by atoms with Crippen molar-refractivity contribution in [2.24, 2.45) is 22.5 Å². The van der Waals surface area contributed by atoms with E-state index in [0.717, 1.165) is 11.1 Å². The van der Waals surface area contributed by atoms with Crippen LogP contribution < -0.4 is 16.4 Å². The lowest BCUT2D eigenvalue weighted by Crippen LogP contribution is -2.37. The number of amides is 2. The van der Waals surface area contributed by atoms with Gasteiger partial charge in [-0.05, 0) is 71.2 Å². The van der Waals surface area contributed by atoms with Crippen molar-refractivity contribution < 1.29 is 26.4 Å². The third-order valence-corrected chi connectivity index (χ3v) is 12.1. The molecule has 2 atom stereocenters. The number of hydrogen-bond donors (Lipinski definition) is 3. The molecule has 4 aromatic carbocycles. The van der Waals surface area contributed by atoms with Gasteiger partial charge in [-0.1, -0.05) is 121 Å². The molecule has 4 aromatic rings. The highest BCUT2D eigenvalue weighted by molar-refractivity contribution is 7.91. The molecule has 280 valence electrons. The molecule has 0 aromatic heterocycles. The van der Waals surface area contributed by atoms with Crippen molar-refractivity contribution >= 4 is 42.9 Å². The van der Waals surface area contributed by atoms with Crippen LogP contribution in [-0.4, -0.2) is 46.2 Å². The SMILES string of the molecule is CC(C)(C)CS(=O)(=O)c1cccc(NC(=O)[C@@H](N)Cc2ccccc2)c1.C[C@@H](Cc1ccccc1)C(=O)Nc1cccc(S(=O)(=O)CC(C)(C)C)c1. The summed E-state index contributed by atoms with van der Waals surface area (Å²) in [5.74, 6) is -0.599. The number of carbonyl (C=O) groups is 2. The maximum absolute atomic E-state index is 12.5. The molecule has 0 fully saturated rings. The fourth-order valence-corrected chi connectivity index (χ4v) is 9.16. The van der Waals surface area contributed by atoms with Crippen LogP contribution in [0.15, 0.2) is 119 Å². The van der Waals surface area contributed by atoms with E-state index in [-0.39, 0.29) is 49.9 Å². The first-order valence-corrected chi connectivity index (χ1v) is 20.5. The Morgan fingerprint density at radius 2 is 0.962 bits per heavy atom. The molecule has 0 heterocycles. The molecule has 9 nitrogen and oxygen atoms in total. The summed E-state index contributed by atoms with van der Waals surface area (Å²) >= 11 is 0. The Kier molecular flexibility index (Phi) is 14.5. The first kappa shape index (κ1) is 42.1. The van der Waals surface area contributed by atoms with Crippen molar-refractivity contribution in [2.45, 2.75) is 77.1 Å². The number of hydrogen-bond acceptors (Lipinski definition) is 7. The molecule has 0 aliphatic carbocycles. The van der Waals surface area contributed by atoms with E-state index in [9.17, 15) is 26.4 Å². The van der Waals surface area contributed by atoms with Gasteiger partial charge in [0.1, 0.15) is 0 Å². The van der Waals surface area contributed by atoms with Gasteiger partial charge in [0, 0.05) is 17.3 Å². The zero-order valence-corrected chi connectivity index (χ0v) is 32.9. The maximum Gasteiger partial charge on any atom is 0.241 e. The molecule has 0 spiro atoms. The van der Waals surface area contributed by atoms with Crippen LogP contribution >= 0.6 is 0 Å². The van der Waals surface area contributed by atoms with Gasteiger partial charge in [-0.15, -0.1) is 0 Å². The highest BCUT2D eigenvalue weighted by Crippen LogP contribution is 2.25. The summed E-state index contributed by atoms with van der Waals surface area (Å²) in [4.78, 5) is 25.2. The smallest absolute Gasteiger partial charge is 0.241 e. The Balaban J connectivity index is 0.000000280. The second kappa shape index (κ2) is 17.9. The van der Waals surface area contributed by atoms with Crippen molar-refractivity contribution in [3.8, 4) is 0 Å². The molecule has 52 heavy (non-hydrogen) atoms. The Labute approximate surface area is 310 Å².